The van der Waals surface area contributed by atoms with Crippen LogP contribution in [0.1, 0.15) is 23.1 Å². The minimum atomic E-state index is -0.524. The highest BCUT2D eigenvalue weighted by molar-refractivity contribution is 6.37. The van der Waals surface area contributed by atoms with Crippen molar-refractivity contribution in [3.05, 3.63) is 63.5 Å². The van der Waals surface area contributed by atoms with E-state index in [1.54, 1.807) is 12.1 Å². The second-order valence-corrected chi connectivity index (χ2v) is 6.06. The summed E-state index contributed by atoms with van der Waals surface area (Å²) in [4.78, 5) is 8.95. The van der Waals surface area contributed by atoms with E-state index in [2.05, 4.69) is 9.97 Å². The first kappa shape index (κ1) is 16.9. The van der Waals surface area contributed by atoms with Crippen LogP contribution in [0, 0.1) is 0 Å². The van der Waals surface area contributed by atoms with Gasteiger partial charge in [0.25, 0.3) is 0 Å². The van der Waals surface area contributed by atoms with Gasteiger partial charge in [0.05, 0.1) is 41.0 Å². The molecule has 5 nitrogen and oxygen atoms in total. The van der Waals surface area contributed by atoms with Crippen LogP contribution in [0.5, 0.6) is 5.75 Å². The van der Waals surface area contributed by atoms with Gasteiger partial charge in [-0.3, -0.25) is 0 Å². The molecule has 0 aliphatic heterocycles. The summed E-state index contributed by atoms with van der Waals surface area (Å²) in [6, 6.07) is 10.6. The van der Waals surface area contributed by atoms with Crippen LogP contribution in [-0.4, -0.2) is 17.1 Å². The van der Waals surface area contributed by atoms with Gasteiger partial charge in [-0.15, -0.1) is 0 Å². The molecule has 0 bridgehead atoms. The molecule has 3 rings (SSSR count). The third kappa shape index (κ3) is 3.03. The molecule has 1 aromatic heterocycles. The summed E-state index contributed by atoms with van der Waals surface area (Å²) in [6.07, 6.45) is 0. The number of methoxy groups -OCH3 is 1. The third-order valence-electron chi connectivity index (χ3n) is 3.74. The van der Waals surface area contributed by atoms with Crippen molar-refractivity contribution in [1.29, 1.82) is 0 Å². The smallest absolute Gasteiger partial charge is 0.156 e. The minimum Gasteiger partial charge on any atom is -0.494 e. The van der Waals surface area contributed by atoms with E-state index < -0.39 is 6.04 Å². The number of nitrogens with zero attached hydrogens (tertiary/aromatic N) is 2. The van der Waals surface area contributed by atoms with Crippen molar-refractivity contribution in [1.82, 2.24) is 9.97 Å². The van der Waals surface area contributed by atoms with Crippen molar-refractivity contribution in [3.8, 4) is 5.75 Å². The van der Waals surface area contributed by atoms with Gasteiger partial charge < -0.3 is 16.2 Å². The van der Waals surface area contributed by atoms with Gasteiger partial charge >= 0.3 is 0 Å². The zero-order valence-electron chi connectivity index (χ0n) is 13.0. The Bertz CT molecular complexity index is 878. The summed E-state index contributed by atoms with van der Waals surface area (Å²) in [5.74, 6) is 0.953. The Balaban J connectivity index is 2.17. The Morgan fingerprint density at radius 1 is 1.12 bits per heavy atom. The molecule has 0 aliphatic carbocycles. The predicted molar refractivity (Wildman–Crippen MR) is 96.5 cm³/mol. The fourth-order valence-electron chi connectivity index (χ4n) is 2.59. The maximum absolute atomic E-state index is 6.45. The average molecular weight is 363 g/mol. The van der Waals surface area contributed by atoms with Crippen LogP contribution in [0.15, 0.2) is 36.4 Å². The lowest BCUT2D eigenvalue weighted by Crippen LogP contribution is -2.17. The van der Waals surface area contributed by atoms with Crippen LogP contribution < -0.4 is 16.2 Å². The molecule has 2 aromatic carbocycles. The molecule has 0 aliphatic rings. The maximum Gasteiger partial charge on any atom is 0.156 e. The van der Waals surface area contributed by atoms with Crippen LogP contribution in [0.2, 0.25) is 10.0 Å². The average Bonchev–Trinajstić information content (AvgIpc) is 2.59. The molecule has 1 atom stereocenters. The number of halogens is 2. The van der Waals surface area contributed by atoms with Crippen molar-refractivity contribution in [3.63, 3.8) is 0 Å². The van der Waals surface area contributed by atoms with Crippen LogP contribution in [-0.2, 0) is 6.54 Å². The first-order valence-corrected chi connectivity index (χ1v) is 8.05. The van der Waals surface area contributed by atoms with E-state index >= 15 is 0 Å². The summed E-state index contributed by atoms with van der Waals surface area (Å²) < 4.78 is 5.18. The van der Waals surface area contributed by atoms with Gasteiger partial charge in [0.2, 0.25) is 0 Å². The molecule has 0 spiro atoms. The molecule has 0 fully saturated rings. The monoisotopic (exact) mass is 362 g/mol. The lowest BCUT2D eigenvalue weighted by molar-refractivity contribution is 0.415. The largest absolute Gasteiger partial charge is 0.494 e. The number of aromatic nitrogens is 2. The lowest BCUT2D eigenvalue weighted by Gasteiger charge is -2.17. The summed E-state index contributed by atoms with van der Waals surface area (Å²) in [6.45, 7) is 0.231. The zero-order chi connectivity index (χ0) is 17.3. The Kier molecular flexibility index (Phi) is 4.87. The fourth-order valence-corrected chi connectivity index (χ4v) is 3.25. The van der Waals surface area contributed by atoms with Crippen LogP contribution in [0.3, 0.4) is 0 Å². The van der Waals surface area contributed by atoms with Gasteiger partial charge in [0, 0.05) is 5.39 Å². The normalized spacial score (nSPS) is 12.4. The molecule has 0 saturated heterocycles. The molecule has 3 aromatic rings. The predicted octanol–water partition coefficient (Wildman–Crippen LogP) is 3.45. The Morgan fingerprint density at radius 2 is 1.79 bits per heavy atom. The maximum atomic E-state index is 6.45. The van der Waals surface area contributed by atoms with E-state index in [-0.39, 0.29) is 6.54 Å². The third-order valence-corrected chi connectivity index (χ3v) is 4.30. The molecule has 24 heavy (non-hydrogen) atoms. The van der Waals surface area contributed by atoms with Crippen molar-refractivity contribution >= 4 is 34.1 Å². The molecule has 4 N–H and O–H groups in total. The van der Waals surface area contributed by atoms with E-state index in [4.69, 9.17) is 39.4 Å². The summed E-state index contributed by atoms with van der Waals surface area (Å²) in [7, 11) is 1.51. The first-order chi connectivity index (χ1) is 11.5. The Labute approximate surface area is 149 Å². The van der Waals surface area contributed by atoms with Gasteiger partial charge in [0.15, 0.2) is 5.75 Å². The van der Waals surface area contributed by atoms with Gasteiger partial charge in [0.1, 0.15) is 5.82 Å². The number of rotatable bonds is 4. The van der Waals surface area contributed by atoms with Crippen LogP contribution >= 0.6 is 23.2 Å². The van der Waals surface area contributed by atoms with E-state index in [0.717, 1.165) is 16.5 Å². The van der Waals surface area contributed by atoms with Crippen molar-refractivity contribution in [2.45, 2.75) is 12.6 Å². The quantitative estimate of drug-likeness (QED) is 0.741. The van der Waals surface area contributed by atoms with Crippen molar-refractivity contribution in [2.24, 2.45) is 11.5 Å². The number of ether oxygens (including phenoxy) is 1. The van der Waals surface area contributed by atoms with Gasteiger partial charge in [-0.1, -0.05) is 41.4 Å². The molecule has 1 heterocycles. The number of fused-ring (bicyclic) bond motifs is 1. The zero-order valence-corrected chi connectivity index (χ0v) is 14.5. The molecule has 0 radical (unpaired) electrons. The van der Waals surface area contributed by atoms with Crippen LogP contribution in [0.25, 0.3) is 10.9 Å². The number of hydrogen-bond acceptors (Lipinski definition) is 5. The van der Waals surface area contributed by atoms with Gasteiger partial charge in [-0.2, -0.15) is 0 Å². The molecule has 0 amide bonds. The number of para-hydroxylation sites is 1. The first-order valence-electron chi connectivity index (χ1n) is 7.29. The molecule has 1 unspecified atom stereocenters. The second kappa shape index (κ2) is 6.91. The number of benzene rings is 2. The Morgan fingerprint density at radius 3 is 2.42 bits per heavy atom. The summed E-state index contributed by atoms with van der Waals surface area (Å²) in [5, 5.41) is 1.66. The standard InChI is InChI=1S/C17H16Cl2N4O/c1-24-17-11(18)6-9(7-12(17)19)15(21)16-10-4-2-3-5-13(10)22-14(8-20)23-16/h2-7,15H,8,20-21H2,1H3. The van der Waals surface area contributed by atoms with Crippen molar-refractivity contribution in [2.75, 3.05) is 7.11 Å². The van der Waals surface area contributed by atoms with Gasteiger partial charge in [-0.25, -0.2) is 9.97 Å². The molecular weight excluding hydrogens is 347 g/mol. The number of nitrogens with two attached hydrogens (primary N) is 2. The fraction of sp³-hybridized carbons (Fsp3) is 0.176. The topological polar surface area (TPSA) is 87.0 Å². The van der Waals surface area contributed by atoms with Crippen molar-refractivity contribution < 1.29 is 4.74 Å². The van der Waals surface area contributed by atoms with Gasteiger partial charge in [-0.05, 0) is 23.8 Å². The SMILES string of the molecule is COc1c(Cl)cc(C(N)c2nc(CN)nc3ccccc23)cc1Cl. The number of hydrogen-bond donors (Lipinski definition) is 2. The molecule has 0 saturated carbocycles. The highest BCUT2D eigenvalue weighted by Gasteiger charge is 2.19. The van der Waals surface area contributed by atoms with E-state index in [0.29, 0.717) is 27.3 Å². The van der Waals surface area contributed by atoms with Crippen LogP contribution in [0.4, 0.5) is 0 Å². The highest BCUT2D eigenvalue weighted by Crippen LogP contribution is 2.36. The molecule has 7 heteroatoms. The second-order valence-electron chi connectivity index (χ2n) is 5.24. The van der Waals surface area contributed by atoms with E-state index in [1.807, 2.05) is 24.3 Å². The lowest BCUT2D eigenvalue weighted by atomic mass is 10.0. The van der Waals surface area contributed by atoms with E-state index in [9.17, 15) is 0 Å². The van der Waals surface area contributed by atoms with E-state index in [1.165, 1.54) is 7.11 Å². The molecular formula is C17H16Cl2N4O. The summed E-state index contributed by atoms with van der Waals surface area (Å²) >= 11 is 12.5. The minimum absolute atomic E-state index is 0.231. The summed E-state index contributed by atoms with van der Waals surface area (Å²) in [5.41, 5.74) is 14.4. The Hall–Kier alpha value is -1.92. The highest BCUT2D eigenvalue weighted by atomic mass is 35.5. The molecule has 124 valence electrons.